The molecule has 0 atom stereocenters. The Morgan fingerprint density at radius 3 is 2.67 bits per heavy atom. The van der Waals surface area contributed by atoms with Crippen LogP contribution >= 0.6 is 0 Å². The summed E-state index contributed by atoms with van der Waals surface area (Å²) in [6.45, 7) is 4.70. The van der Waals surface area contributed by atoms with Crippen LogP contribution in [-0.2, 0) is 9.47 Å². The third kappa shape index (κ3) is 5.03. The predicted molar refractivity (Wildman–Crippen MR) is 78.3 cm³/mol. The van der Waals surface area contributed by atoms with Gasteiger partial charge in [0.15, 0.2) is 0 Å². The van der Waals surface area contributed by atoms with E-state index in [2.05, 4.69) is 6.92 Å². The molecule has 2 N–H and O–H groups in total. The minimum atomic E-state index is -0.682. The molecule has 116 valence electrons. The Balaban J connectivity index is 2.64. The minimum Gasteiger partial charge on any atom is -0.460 e. The quantitative estimate of drug-likeness (QED) is 0.260. The second-order valence-corrected chi connectivity index (χ2v) is 4.60. The van der Waals surface area contributed by atoms with E-state index in [1.54, 1.807) is 6.92 Å². The molecule has 0 aliphatic rings. The van der Waals surface area contributed by atoms with E-state index < -0.39 is 10.9 Å². The standard InChI is InChI=1S/C14H20N2O5/c1-3-4-5-20-6-7-21-14(17)11-8-10(2)9-12(13(11)15)16(18)19/h8-9H,3-7,15H2,1-2H3. The number of carbonyl (C=O) groups is 1. The number of nitrogens with two attached hydrogens (primary N) is 1. The highest BCUT2D eigenvalue weighted by molar-refractivity contribution is 5.97. The molecule has 0 aliphatic heterocycles. The maximum atomic E-state index is 11.9. The van der Waals surface area contributed by atoms with E-state index >= 15 is 0 Å². The number of rotatable bonds is 8. The molecule has 21 heavy (non-hydrogen) atoms. The van der Waals surface area contributed by atoms with Crippen LogP contribution in [0.25, 0.3) is 0 Å². The lowest BCUT2D eigenvalue weighted by atomic mass is 10.1. The molecule has 0 amide bonds. The lowest BCUT2D eigenvalue weighted by molar-refractivity contribution is -0.384. The van der Waals surface area contributed by atoms with Gasteiger partial charge in [0.25, 0.3) is 5.69 Å². The number of unbranched alkanes of at least 4 members (excludes halogenated alkanes) is 1. The van der Waals surface area contributed by atoms with Gasteiger partial charge in [-0.2, -0.15) is 0 Å². The van der Waals surface area contributed by atoms with Crippen LogP contribution in [0.15, 0.2) is 12.1 Å². The molecule has 0 unspecified atom stereocenters. The Morgan fingerprint density at radius 2 is 2.05 bits per heavy atom. The number of carbonyl (C=O) groups excluding carboxylic acids is 1. The highest BCUT2D eigenvalue weighted by atomic mass is 16.6. The molecule has 1 aromatic rings. The van der Waals surface area contributed by atoms with Crippen LogP contribution in [-0.4, -0.2) is 30.7 Å². The van der Waals surface area contributed by atoms with Gasteiger partial charge in [-0.05, 0) is 25.0 Å². The molecule has 0 aliphatic carbocycles. The van der Waals surface area contributed by atoms with Crippen molar-refractivity contribution in [3.05, 3.63) is 33.4 Å². The predicted octanol–water partition coefficient (Wildman–Crippen LogP) is 2.46. The van der Waals surface area contributed by atoms with Crippen LogP contribution in [0.1, 0.15) is 35.7 Å². The number of nitro groups is 1. The van der Waals surface area contributed by atoms with Gasteiger partial charge in [-0.1, -0.05) is 13.3 Å². The molecule has 1 rings (SSSR count). The van der Waals surface area contributed by atoms with Gasteiger partial charge in [0.1, 0.15) is 12.3 Å². The number of hydrogen-bond acceptors (Lipinski definition) is 6. The summed E-state index contributed by atoms with van der Waals surface area (Å²) in [4.78, 5) is 22.1. The molecule has 0 spiro atoms. The van der Waals surface area contributed by atoms with E-state index in [1.165, 1.54) is 12.1 Å². The van der Waals surface area contributed by atoms with Gasteiger partial charge in [0.05, 0.1) is 17.1 Å². The monoisotopic (exact) mass is 296 g/mol. The number of nitrogen functional groups attached to an aromatic ring is 1. The second kappa shape index (κ2) is 8.21. The maximum absolute atomic E-state index is 11.9. The van der Waals surface area contributed by atoms with E-state index in [-0.39, 0.29) is 23.5 Å². The fourth-order valence-corrected chi connectivity index (χ4v) is 1.72. The molecule has 7 nitrogen and oxygen atoms in total. The zero-order valence-electron chi connectivity index (χ0n) is 12.3. The molecule has 0 radical (unpaired) electrons. The van der Waals surface area contributed by atoms with Crippen LogP contribution < -0.4 is 5.73 Å². The highest BCUT2D eigenvalue weighted by Gasteiger charge is 2.21. The van der Waals surface area contributed by atoms with Crippen molar-refractivity contribution < 1.29 is 19.2 Å². The van der Waals surface area contributed by atoms with Crippen molar-refractivity contribution in [2.24, 2.45) is 0 Å². The molecule has 0 saturated carbocycles. The molecular formula is C14H20N2O5. The first-order valence-electron chi connectivity index (χ1n) is 6.76. The number of hydrogen-bond donors (Lipinski definition) is 1. The number of nitro benzene ring substituents is 1. The molecule has 7 heteroatoms. The number of nitrogens with zero attached hydrogens (tertiary/aromatic N) is 1. The van der Waals surface area contributed by atoms with Crippen LogP contribution in [0.5, 0.6) is 0 Å². The maximum Gasteiger partial charge on any atom is 0.340 e. The lowest BCUT2D eigenvalue weighted by Crippen LogP contribution is -2.14. The van der Waals surface area contributed by atoms with Gasteiger partial charge in [0.2, 0.25) is 0 Å². The summed E-state index contributed by atoms with van der Waals surface area (Å²) >= 11 is 0. The zero-order chi connectivity index (χ0) is 15.8. The molecule has 0 aromatic heterocycles. The molecule has 0 fully saturated rings. The van der Waals surface area contributed by atoms with Crippen LogP contribution in [0, 0.1) is 17.0 Å². The summed E-state index contributed by atoms with van der Waals surface area (Å²) in [7, 11) is 0. The van der Waals surface area contributed by atoms with E-state index in [1.807, 2.05) is 0 Å². The van der Waals surface area contributed by atoms with Crippen LogP contribution in [0.2, 0.25) is 0 Å². The van der Waals surface area contributed by atoms with E-state index in [0.29, 0.717) is 18.8 Å². The molecule has 1 aromatic carbocycles. The first-order valence-corrected chi connectivity index (χ1v) is 6.76. The van der Waals surface area contributed by atoms with Crippen molar-refractivity contribution in [1.82, 2.24) is 0 Å². The van der Waals surface area contributed by atoms with Crippen molar-refractivity contribution >= 4 is 17.3 Å². The van der Waals surface area contributed by atoms with Crippen molar-refractivity contribution in [3.8, 4) is 0 Å². The van der Waals surface area contributed by atoms with Crippen molar-refractivity contribution in [2.75, 3.05) is 25.6 Å². The number of aryl methyl sites for hydroxylation is 1. The van der Waals surface area contributed by atoms with Gasteiger partial charge in [0, 0.05) is 12.7 Å². The molecular weight excluding hydrogens is 276 g/mol. The van der Waals surface area contributed by atoms with E-state index in [0.717, 1.165) is 12.8 Å². The smallest absolute Gasteiger partial charge is 0.340 e. The average molecular weight is 296 g/mol. The van der Waals surface area contributed by atoms with Gasteiger partial charge in [-0.25, -0.2) is 4.79 Å². The Hall–Kier alpha value is -2.15. The van der Waals surface area contributed by atoms with Crippen molar-refractivity contribution in [1.29, 1.82) is 0 Å². The summed E-state index contributed by atoms with van der Waals surface area (Å²) in [5.41, 5.74) is 5.76. The van der Waals surface area contributed by atoms with Crippen molar-refractivity contribution in [2.45, 2.75) is 26.7 Å². The minimum absolute atomic E-state index is 0.00950. The first-order chi connectivity index (χ1) is 9.97. The molecule has 0 bridgehead atoms. The van der Waals surface area contributed by atoms with Crippen molar-refractivity contribution in [3.63, 3.8) is 0 Å². The topological polar surface area (TPSA) is 105 Å². The second-order valence-electron chi connectivity index (χ2n) is 4.60. The van der Waals surface area contributed by atoms with Gasteiger partial charge in [-0.3, -0.25) is 10.1 Å². The third-order valence-corrected chi connectivity index (χ3v) is 2.82. The first kappa shape index (κ1) is 16.9. The van der Waals surface area contributed by atoms with Gasteiger partial charge in [-0.15, -0.1) is 0 Å². The highest BCUT2D eigenvalue weighted by Crippen LogP contribution is 2.27. The Morgan fingerprint density at radius 1 is 1.33 bits per heavy atom. The summed E-state index contributed by atoms with van der Waals surface area (Å²) in [5, 5.41) is 10.9. The number of esters is 1. The normalized spacial score (nSPS) is 10.4. The summed E-state index contributed by atoms with van der Waals surface area (Å²) in [6.07, 6.45) is 1.98. The summed E-state index contributed by atoms with van der Waals surface area (Å²) in [5.74, 6) is -0.682. The van der Waals surface area contributed by atoms with E-state index in [4.69, 9.17) is 15.2 Å². The fourth-order valence-electron chi connectivity index (χ4n) is 1.72. The lowest BCUT2D eigenvalue weighted by Gasteiger charge is -2.09. The van der Waals surface area contributed by atoms with Gasteiger partial charge >= 0.3 is 5.97 Å². The Labute approximate surface area is 123 Å². The number of benzene rings is 1. The fraction of sp³-hybridized carbons (Fsp3) is 0.500. The third-order valence-electron chi connectivity index (χ3n) is 2.82. The Kier molecular flexibility index (Phi) is 6.61. The summed E-state index contributed by atoms with van der Waals surface area (Å²) < 4.78 is 10.3. The molecule has 0 saturated heterocycles. The van der Waals surface area contributed by atoms with E-state index in [9.17, 15) is 14.9 Å². The Bertz CT molecular complexity index is 516. The van der Waals surface area contributed by atoms with Gasteiger partial charge < -0.3 is 15.2 Å². The molecule has 0 heterocycles. The SMILES string of the molecule is CCCCOCCOC(=O)c1cc(C)cc([N+](=O)[O-])c1N. The number of anilines is 1. The average Bonchev–Trinajstić information content (AvgIpc) is 2.44. The van der Waals surface area contributed by atoms with Crippen LogP contribution in [0.3, 0.4) is 0 Å². The largest absolute Gasteiger partial charge is 0.460 e. The van der Waals surface area contributed by atoms with Crippen LogP contribution in [0.4, 0.5) is 11.4 Å². The number of ether oxygens (including phenoxy) is 2. The zero-order valence-corrected chi connectivity index (χ0v) is 12.3. The summed E-state index contributed by atoms with van der Waals surface area (Å²) in [6, 6.07) is 2.79.